The Balaban J connectivity index is 2.66. The molecular weight excluding hydrogens is 230 g/mol. The molecule has 0 spiro atoms. The minimum atomic E-state index is 0.191. The van der Waals surface area contributed by atoms with Crippen molar-refractivity contribution in [3.8, 4) is 0 Å². The minimum Gasteiger partial charge on any atom is -0.356 e. The molecule has 0 saturated carbocycles. The van der Waals surface area contributed by atoms with Gasteiger partial charge in [-0.3, -0.25) is 0 Å². The van der Waals surface area contributed by atoms with E-state index >= 15 is 0 Å². The summed E-state index contributed by atoms with van der Waals surface area (Å²) < 4.78 is 0. The SMILES string of the molecule is CSCC(C)N(C)c1ccc(CC(C)N)cn1. The van der Waals surface area contributed by atoms with Crippen molar-refractivity contribution in [2.24, 2.45) is 5.73 Å². The van der Waals surface area contributed by atoms with Crippen LogP contribution >= 0.6 is 11.8 Å². The molecule has 1 aromatic rings. The Kier molecular flexibility index (Phi) is 5.78. The molecule has 0 fully saturated rings. The van der Waals surface area contributed by atoms with E-state index in [0.717, 1.165) is 18.0 Å². The van der Waals surface area contributed by atoms with Crippen LogP contribution in [0.25, 0.3) is 0 Å². The lowest BCUT2D eigenvalue weighted by atomic mass is 10.1. The first kappa shape index (κ1) is 14.3. The summed E-state index contributed by atoms with van der Waals surface area (Å²) in [6, 6.07) is 4.88. The standard InChI is InChI=1S/C13H23N3S/c1-10(14)7-12-5-6-13(15-8-12)16(3)11(2)9-17-4/h5-6,8,10-11H,7,9,14H2,1-4H3. The highest BCUT2D eigenvalue weighted by molar-refractivity contribution is 7.98. The van der Waals surface area contributed by atoms with Gasteiger partial charge in [0.2, 0.25) is 0 Å². The Morgan fingerprint density at radius 3 is 2.59 bits per heavy atom. The highest BCUT2D eigenvalue weighted by Crippen LogP contribution is 2.15. The smallest absolute Gasteiger partial charge is 0.128 e. The molecule has 3 nitrogen and oxygen atoms in total. The zero-order chi connectivity index (χ0) is 12.8. The summed E-state index contributed by atoms with van der Waals surface area (Å²) in [5.41, 5.74) is 6.97. The molecule has 2 unspecified atom stereocenters. The molecule has 2 atom stereocenters. The number of hydrogen-bond acceptors (Lipinski definition) is 4. The predicted molar refractivity (Wildman–Crippen MR) is 77.8 cm³/mol. The van der Waals surface area contributed by atoms with E-state index < -0.39 is 0 Å². The van der Waals surface area contributed by atoms with Crippen LogP contribution in [0.5, 0.6) is 0 Å². The van der Waals surface area contributed by atoms with Crippen LogP contribution in [0, 0.1) is 0 Å². The molecule has 0 aliphatic rings. The number of aromatic nitrogens is 1. The van der Waals surface area contributed by atoms with Crippen LogP contribution in [0.15, 0.2) is 18.3 Å². The van der Waals surface area contributed by atoms with Crippen LogP contribution in [0.3, 0.4) is 0 Å². The molecule has 1 rings (SSSR count). The van der Waals surface area contributed by atoms with E-state index in [9.17, 15) is 0 Å². The lowest BCUT2D eigenvalue weighted by Crippen LogP contribution is -2.31. The third kappa shape index (κ3) is 4.56. The summed E-state index contributed by atoms with van der Waals surface area (Å²) in [4.78, 5) is 6.71. The first-order valence-corrected chi connectivity index (χ1v) is 7.36. The van der Waals surface area contributed by atoms with Gasteiger partial charge in [0.1, 0.15) is 5.82 Å². The molecule has 4 heteroatoms. The van der Waals surface area contributed by atoms with Crippen molar-refractivity contribution >= 4 is 17.6 Å². The highest BCUT2D eigenvalue weighted by Gasteiger charge is 2.10. The van der Waals surface area contributed by atoms with Gasteiger partial charge in [-0.1, -0.05) is 6.07 Å². The number of hydrogen-bond donors (Lipinski definition) is 1. The van der Waals surface area contributed by atoms with E-state index in [1.165, 1.54) is 5.56 Å². The lowest BCUT2D eigenvalue weighted by Gasteiger charge is -2.25. The second-order valence-electron chi connectivity index (χ2n) is 4.62. The molecule has 0 amide bonds. The topological polar surface area (TPSA) is 42.1 Å². The Morgan fingerprint density at radius 2 is 2.12 bits per heavy atom. The normalized spacial score (nSPS) is 14.4. The predicted octanol–water partition coefficient (Wildman–Crippen LogP) is 2.16. The maximum absolute atomic E-state index is 5.77. The zero-order valence-corrected chi connectivity index (χ0v) is 12.0. The highest BCUT2D eigenvalue weighted by atomic mass is 32.2. The first-order valence-electron chi connectivity index (χ1n) is 5.97. The maximum atomic E-state index is 5.77. The number of anilines is 1. The molecule has 0 aliphatic carbocycles. The molecule has 0 saturated heterocycles. The van der Waals surface area contributed by atoms with E-state index in [-0.39, 0.29) is 6.04 Å². The third-order valence-electron chi connectivity index (χ3n) is 2.80. The third-order valence-corrected chi connectivity index (χ3v) is 3.61. The Hall–Kier alpha value is -0.740. The van der Waals surface area contributed by atoms with Crippen molar-refractivity contribution in [3.63, 3.8) is 0 Å². The van der Waals surface area contributed by atoms with Crippen molar-refractivity contribution in [3.05, 3.63) is 23.9 Å². The molecule has 1 heterocycles. The van der Waals surface area contributed by atoms with Crippen LogP contribution in [-0.2, 0) is 6.42 Å². The summed E-state index contributed by atoms with van der Waals surface area (Å²) >= 11 is 1.86. The van der Waals surface area contributed by atoms with Gasteiger partial charge in [-0.25, -0.2) is 4.98 Å². The van der Waals surface area contributed by atoms with Gasteiger partial charge in [-0.2, -0.15) is 11.8 Å². The van der Waals surface area contributed by atoms with Crippen LogP contribution in [0.2, 0.25) is 0 Å². The Morgan fingerprint density at radius 1 is 1.41 bits per heavy atom. The molecule has 96 valence electrons. The maximum Gasteiger partial charge on any atom is 0.128 e. The van der Waals surface area contributed by atoms with E-state index in [0.29, 0.717) is 6.04 Å². The number of nitrogens with zero attached hydrogens (tertiary/aromatic N) is 2. The van der Waals surface area contributed by atoms with Gasteiger partial charge < -0.3 is 10.6 Å². The van der Waals surface area contributed by atoms with Gasteiger partial charge in [0, 0.05) is 31.1 Å². The molecule has 0 bridgehead atoms. The van der Waals surface area contributed by atoms with Crippen molar-refractivity contribution in [1.29, 1.82) is 0 Å². The Labute approximate surface area is 109 Å². The molecule has 1 aromatic heterocycles. The van der Waals surface area contributed by atoms with Crippen LogP contribution in [0.4, 0.5) is 5.82 Å². The van der Waals surface area contributed by atoms with Crippen LogP contribution in [0.1, 0.15) is 19.4 Å². The van der Waals surface area contributed by atoms with Gasteiger partial charge in [0.05, 0.1) is 0 Å². The first-order chi connectivity index (χ1) is 8.04. The van der Waals surface area contributed by atoms with Crippen molar-refractivity contribution < 1.29 is 0 Å². The summed E-state index contributed by atoms with van der Waals surface area (Å²) in [7, 11) is 2.09. The fourth-order valence-corrected chi connectivity index (χ4v) is 2.40. The summed E-state index contributed by atoms with van der Waals surface area (Å²) in [5, 5.41) is 0. The van der Waals surface area contributed by atoms with E-state index in [4.69, 9.17) is 5.73 Å². The largest absolute Gasteiger partial charge is 0.356 e. The number of rotatable bonds is 6. The van der Waals surface area contributed by atoms with E-state index in [1.54, 1.807) is 0 Å². The van der Waals surface area contributed by atoms with Crippen molar-refractivity contribution in [2.45, 2.75) is 32.4 Å². The van der Waals surface area contributed by atoms with E-state index in [1.807, 2.05) is 24.9 Å². The van der Waals surface area contributed by atoms with Gasteiger partial charge in [-0.15, -0.1) is 0 Å². The fourth-order valence-electron chi connectivity index (χ4n) is 1.70. The monoisotopic (exact) mass is 253 g/mol. The number of thioether (sulfide) groups is 1. The second-order valence-corrected chi connectivity index (χ2v) is 5.53. The average Bonchev–Trinajstić information content (AvgIpc) is 2.28. The summed E-state index contributed by atoms with van der Waals surface area (Å²) in [5.74, 6) is 2.14. The van der Waals surface area contributed by atoms with Gasteiger partial charge in [0.15, 0.2) is 0 Å². The molecule has 2 N–H and O–H groups in total. The fraction of sp³-hybridized carbons (Fsp3) is 0.615. The van der Waals surface area contributed by atoms with Gasteiger partial charge >= 0.3 is 0 Å². The van der Waals surface area contributed by atoms with Crippen LogP contribution in [-0.4, -0.2) is 36.1 Å². The second kappa shape index (κ2) is 6.87. The van der Waals surface area contributed by atoms with Crippen molar-refractivity contribution in [1.82, 2.24) is 4.98 Å². The average molecular weight is 253 g/mol. The zero-order valence-electron chi connectivity index (χ0n) is 11.2. The molecule has 17 heavy (non-hydrogen) atoms. The molecule has 0 radical (unpaired) electrons. The van der Waals surface area contributed by atoms with Crippen molar-refractivity contribution in [2.75, 3.05) is 24.0 Å². The number of pyridine rings is 1. The number of nitrogens with two attached hydrogens (primary N) is 1. The molecule has 0 aromatic carbocycles. The summed E-state index contributed by atoms with van der Waals surface area (Å²) in [6.07, 6.45) is 4.95. The molecule has 0 aliphatic heterocycles. The van der Waals surface area contributed by atoms with Gasteiger partial charge in [-0.05, 0) is 38.2 Å². The minimum absolute atomic E-state index is 0.191. The summed E-state index contributed by atoms with van der Waals surface area (Å²) in [6.45, 7) is 4.23. The molecular formula is C13H23N3S. The van der Waals surface area contributed by atoms with Gasteiger partial charge in [0.25, 0.3) is 0 Å². The van der Waals surface area contributed by atoms with Crippen LogP contribution < -0.4 is 10.6 Å². The van der Waals surface area contributed by atoms with E-state index in [2.05, 4.69) is 42.2 Å². The quantitative estimate of drug-likeness (QED) is 0.843. The Bertz CT molecular complexity index is 324. The lowest BCUT2D eigenvalue weighted by molar-refractivity contribution is 0.730.